The summed E-state index contributed by atoms with van der Waals surface area (Å²) in [5.74, 6) is 0.164. The Bertz CT molecular complexity index is 676. The lowest BCUT2D eigenvalue weighted by Gasteiger charge is -2.08. The average Bonchev–Trinajstić information content (AvgIpc) is 2.60. The van der Waals surface area contributed by atoms with Gasteiger partial charge in [0.25, 0.3) is 0 Å². The molecule has 0 spiro atoms. The van der Waals surface area contributed by atoms with Crippen LogP contribution in [-0.4, -0.2) is 20.2 Å². The van der Waals surface area contributed by atoms with Crippen molar-refractivity contribution in [3.8, 4) is 5.75 Å². The normalized spacial score (nSPS) is 17.6. The lowest BCUT2D eigenvalue weighted by molar-refractivity contribution is -0.137. The fourth-order valence-electron chi connectivity index (χ4n) is 1.43. The van der Waals surface area contributed by atoms with Crippen molar-refractivity contribution < 1.29 is 26.3 Å². The fraction of sp³-hybridized carbons (Fsp3) is 0.182. The van der Waals surface area contributed by atoms with Crippen molar-refractivity contribution in [1.82, 2.24) is 0 Å². The minimum atomic E-state index is -4.42. The van der Waals surface area contributed by atoms with Crippen LogP contribution < -0.4 is 10.5 Å². The van der Waals surface area contributed by atoms with Crippen LogP contribution in [0.25, 0.3) is 0 Å². The molecule has 1 aromatic rings. The second-order valence-electron chi connectivity index (χ2n) is 3.92. The number of hydrogen-bond acceptors (Lipinski definition) is 5. The van der Waals surface area contributed by atoms with E-state index in [0.717, 1.165) is 29.7 Å². The summed E-state index contributed by atoms with van der Waals surface area (Å²) in [7, 11) is -3.67. The highest BCUT2D eigenvalue weighted by Gasteiger charge is 2.30. The number of nitrogens with zero attached hydrogens (tertiary/aromatic N) is 1. The third-order valence-electron chi connectivity index (χ3n) is 2.40. The van der Waals surface area contributed by atoms with Crippen LogP contribution in [0.3, 0.4) is 0 Å². The molecule has 1 aromatic carbocycles. The molecule has 0 atom stereocenters. The molecule has 2 N–H and O–H groups in total. The van der Waals surface area contributed by atoms with Gasteiger partial charge in [-0.05, 0) is 24.3 Å². The van der Waals surface area contributed by atoms with Crippen LogP contribution in [0.4, 0.5) is 13.2 Å². The van der Waals surface area contributed by atoms with E-state index in [0.29, 0.717) is 0 Å². The van der Waals surface area contributed by atoms with Gasteiger partial charge in [0.2, 0.25) is 15.0 Å². The standard InChI is InChI=1S/C11H9F3N2O3S/c12-11(13,14)7-1-3-9(4-2-7)19-5-8-6-20(17,18)10(15)16-8/h1-4,6H,5H2,(H2,15,16). The summed E-state index contributed by atoms with van der Waals surface area (Å²) in [4.78, 5) is 3.58. The summed E-state index contributed by atoms with van der Waals surface area (Å²) in [5.41, 5.74) is 4.46. The predicted molar refractivity (Wildman–Crippen MR) is 65.6 cm³/mol. The van der Waals surface area contributed by atoms with Gasteiger partial charge >= 0.3 is 6.18 Å². The molecule has 9 heteroatoms. The Morgan fingerprint density at radius 3 is 2.25 bits per heavy atom. The van der Waals surface area contributed by atoms with Gasteiger partial charge in [-0.25, -0.2) is 13.4 Å². The van der Waals surface area contributed by atoms with Crippen molar-refractivity contribution in [2.75, 3.05) is 6.61 Å². The molecule has 0 fully saturated rings. The Kier molecular flexibility index (Phi) is 3.46. The number of halogens is 3. The van der Waals surface area contributed by atoms with Crippen LogP contribution in [0.1, 0.15) is 5.56 Å². The van der Waals surface area contributed by atoms with E-state index >= 15 is 0 Å². The second-order valence-corrected chi connectivity index (χ2v) is 5.66. The number of nitrogens with two attached hydrogens (primary N) is 1. The number of amidine groups is 1. The molecule has 108 valence electrons. The lowest BCUT2D eigenvalue weighted by atomic mass is 10.2. The number of benzene rings is 1. The third kappa shape index (κ3) is 3.10. The maximum Gasteiger partial charge on any atom is 0.416 e. The van der Waals surface area contributed by atoms with E-state index in [1.54, 1.807) is 0 Å². The van der Waals surface area contributed by atoms with E-state index in [2.05, 4.69) is 4.99 Å². The molecule has 2 rings (SSSR count). The van der Waals surface area contributed by atoms with Crippen molar-refractivity contribution in [2.45, 2.75) is 6.18 Å². The highest BCUT2D eigenvalue weighted by molar-refractivity contribution is 8.09. The van der Waals surface area contributed by atoms with Gasteiger partial charge in [0, 0.05) is 0 Å². The van der Waals surface area contributed by atoms with Gasteiger partial charge in [-0.15, -0.1) is 0 Å². The van der Waals surface area contributed by atoms with Crippen molar-refractivity contribution in [3.05, 3.63) is 40.9 Å². The van der Waals surface area contributed by atoms with Crippen molar-refractivity contribution >= 4 is 15.0 Å². The molecule has 0 amide bonds. The lowest BCUT2D eigenvalue weighted by Crippen LogP contribution is -2.18. The summed E-state index contributed by atoms with van der Waals surface area (Å²) < 4.78 is 64.6. The van der Waals surface area contributed by atoms with E-state index in [-0.39, 0.29) is 18.1 Å². The maximum atomic E-state index is 12.3. The quantitative estimate of drug-likeness (QED) is 0.921. The topological polar surface area (TPSA) is 81.8 Å². The predicted octanol–water partition coefficient (Wildman–Crippen LogP) is 1.67. The molecule has 0 bridgehead atoms. The zero-order valence-electron chi connectivity index (χ0n) is 9.89. The van der Waals surface area contributed by atoms with E-state index in [1.165, 1.54) is 0 Å². The number of ether oxygens (including phenoxy) is 1. The molecule has 1 aliphatic rings. The molecule has 1 heterocycles. The van der Waals surface area contributed by atoms with Gasteiger partial charge < -0.3 is 10.5 Å². The SMILES string of the molecule is NC1=NC(COc2ccc(C(F)(F)F)cc2)=CS1(=O)=O. The zero-order chi connectivity index (χ0) is 15.0. The van der Waals surface area contributed by atoms with E-state index in [9.17, 15) is 21.6 Å². The maximum absolute atomic E-state index is 12.3. The molecule has 0 radical (unpaired) electrons. The first kappa shape index (κ1) is 14.4. The summed E-state index contributed by atoms with van der Waals surface area (Å²) in [6.07, 6.45) is -4.42. The molecule has 0 saturated heterocycles. The zero-order valence-corrected chi connectivity index (χ0v) is 10.7. The van der Waals surface area contributed by atoms with E-state index in [4.69, 9.17) is 10.5 Å². The first-order valence-electron chi connectivity index (χ1n) is 5.28. The van der Waals surface area contributed by atoms with Gasteiger partial charge in [-0.1, -0.05) is 0 Å². The molecular formula is C11H9F3N2O3S. The minimum absolute atomic E-state index is 0.0856. The Labute approximate surface area is 112 Å². The highest BCUT2D eigenvalue weighted by atomic mass is 32.2. The van der Waals surface area contributed by atoms with Crippen molar-refractivity contribution in [2.24, 2.45) is 10.7 Å². The Morgan fingerprint density at radius 2 is 1.80 bits per heavy atom. The highest BCUT2D eigenvalue weighted by Crippen LogP contribution is 2.30. The van der Waals surface area contributed by atoms with Crippen LogP contribution >= 0.6 is 0 Å². The summed E-state index contributed by atoms with van der Waals surface area (Å²) in [6, 6.07) is 4.01. The van der Waals surface area contributed by atoms with Gasteiger partial charge in [0.15, 0.2) is 0 Å². The first-order valence-corrected chi connectivity index (χ1v) is 6.83. The Hall–Kier alpha value is -2.03. The third-order valence-corrected chi connectivity index (χ3v) is 3.66. The van der Waals surface area contributed by atoms with Crippen LogP contribution in [-0.2, 0) is 16.0 Å². The smallest absolute Gasteiger partial charge is 0.416 e. The number of sulfone groups is 1. The van der Waals surface area contributed by atoms with Crippen LogP contribution in [0.2, 0.25) is 0 Å². The molecule has 20 heavy (non-hydrogen) atoms. The second kappa shape index (κ2) is 4.82. The molecule has 0 aromatic heterocycles. The van der Waals surface area contributed by atoms with Crippen LogP contribution in [0, 0.1) is 0 Å². The number of aliphatic imine (C=N–C) groups is 1. The molecule has 1 aliphatic heterocycles. The minimum Gasteiger partial charge on any atom is -0.487 e. The Morgan fingerprint density at radius 1 is 1.20 bits per heavy atom. The summed E-state index contributed by atoms with van der Waals surface area (Å²) >= 11 is 0. The van der Waals surface area contributed by atoms with Gasteiger partial charge in [0.1, 0.15) is 12.4 Å². The summed E-state index contributed by atoms with van der Waals surface area (Å²) in [5, 5.41) is 0.329. The van der Waals surface area contributed by atoms with Gasteiger partial charge in [-0.3, -0.25) is 0 Å². The first-order chi connectivity index (χ1) is 9.18. The van der Waals surface area contributed by atoms with E-state index in [1.807, 2.05) is 0 Å². The van der Waals surface area contributed by atoms with Crippen molar-refractivity contribution in [1.29, 1.82) is 0 Å². The monoisotopic (exact) mass is 306 g/mol. The van der Waals surface area contributed by atoms with Crippen LogP contribution in [0.5, 0.6) is 5.75 Å². The fourth-order valence-corrected chi connectivity index (χ4v) is 2.28. The number of hydrogen-bond donors (Lipinski definition) is 1. The van der Waals surface area contributed by atoms with E-state index < -0.39 is 26.7 Å². The van der Waals surface area contributed by atoms with Gasteiger partial charge in [0.05, 0.1) is 16.7 Å². The molecule has 0 saturated carbocycles. The molecule has 0 unspecified atom stereocenters. The van der Waals surface area contributed by atoms with Gasteiger partial charge in [-0.2, -0.15) is 13.2 Å². The largest absolute Gasteiger partial charge is 0.487 e. The Balaban J connectivity index is 2.03. The molecule has 5 nitrogen and oxygen atoms in total. The average molecular weight is 306 g/mol. The van der Waals surface area contributed by atoms with Crippen LogP contribution in [0.15, 0.2) is 40.4 Å². The van der Waals surface area contributed by atoms with Crippen molar-refractivity contribution in [3.63, 3.8) is 0 Å². The molecular weight excluding hydrogens is 297 g/mol. The number of rotatable bonds is 3. The summed E-state index contributed by atoms with van der Waals surface area (Å²) in [6.45, 7) is -0.203. The molecule has 0 aliphatic carbocycles. The number of alkyl halides is 3.